The number of hydrogen-bond acceptors (Lipinski definition) is 5. The molecule has 2 aliphatic rings. The quantitative estimate of drug-likeness (QED) is 0.681. The van der Waals surface area contributed by atoms with Crippen LogP contribution in [0.1, 0.15) is 32.1 Å². The van der Waals surface area contributed by atoms with Crippen LogP contribution in [0.25, 0.3) is 0 Å². The number of aliphatic carboxylic acids is 1. The van der Waals surface area contributed by atoms with Crippen LogP contribution < -0.4 is 5.32 Å². The average Bonchev–Trinajstić information content (AvgIpc) is 3.06. The van der Waals surface area contributed by atoms with Gasteiger partial charge in [-0.25, -0.2) is 8.42 Å². The zero-order valence-corrected chi connectivity index (χ0v) is 12.7. The van der Waals surface area contributed by atoms with Crippen molar-refractivity contribution >= 4 is 21.7 Å². The molecular formula is C13H21NO6S. The SMILES string of the molecule is O=C(O)CC1(CS(=O)(=O)CC(=O)NC2CCOCC2)CC1. The van der Waals surface area contributed by atoms with Gasteiger partial charge < -0.3 is 15.2 Å². The summed E-state index contributed by atoms with van der Waals surface area (Å²) in [6, 6.07) is -0.0321. The number of rotatable bonds is 7. The molecule has 1 saturated carbocycles. The van der Waals surface area contributed by atoms with Crippen molar-refractivity contribution < 1.29 is 27.9 Å². The Hall–Kier alpha value is -1.15. The minimum Gasteiger partial charge on any atom is -0.481 e. The first-order valence-electron chi connectivity index (χ1n) is 7.10. The van der Waals surface area contributed by atoms with Crippen molar-refractivity contribution in [3.05, 3.63) is 0 Å². The van der Waals surface area contributed by atoms with Crippen LogP contribution in [0.5, 0.6) is 0 Å². The van der Waals surface area contributed by atoms with E-state index < -0.39 is 32.9 Å². The third-order valence-corrected chi connectivity index (χ3v) is 5.70. The van der Waals surface area contributed by atoms with Gasteiger partial charge in [0.25, 0.3) is 0 Å². The van der Waals surface area contributed by atoms with Crippen LogP contribution in [-0.2, 0) is 24.2 Å². The number of nitrogens with one attached hydrogen (secondary N) is 1. The molecule has 0 aromatic heterocycles. The average molecular weight is 319 g/mol. The van der Waals surface area contributed by atoms with Crippen molar-refractivity contribution in [2.75, 3.05) is 24.7 Å². The molecule has 0 aromatic carbocycles. The number of amides is 1. The molecule has 0 radical (unpaired) electrons. The summed E-state index contributed by atoms with van der Waals surface area (Å²) >= 11 is 0. The fourth-order valence-electron chi connectivity index (χ4n) is 2.70. The second kappa shape index (κ2) is 6.31. The van der Waals surface area contributed by atoms with Crippen LogP contribution in [0.3, 0.4) is 0 Å². The highest BCUT2D eigenvalue weighted by Crippen LogP contribution is 2.49. The van der Waals surface area contributed by atoms with Gasteiger partial charge in [0.05, 0.1) is 12.2 Å². The Balaban J connectivity index is 1.82. The number of carboxylic acids is 1. The zero-order chi connectivity index (χ0) is 15.5. The number of ether oxygens (including phenoxy) is 1. The Morgan fingerprint density at radius 3 is 2.38 bits per heavy atom. The molecule has 0 unspecified atom stereocenters. The van der Waals surface area contributed by atoms with E-state index in [0.717, 1.165) is 0 Å². The smallest absolute Gasteiger partial charge is 0.303 e. The molecule has 2 fully saturated rings. The largest absolute Gasteiger partial charge is 0.481 e. The highest BCUT2D eigenvalue weighted by atomic mass is 32.2. The minimum atomic E-state index is -3.58. The Morgan fingerprint density at radius 2 is 1.86 bits per heavy atom. The van der Waals surface area contributed by atoms with Crippen molar-refractivity contribution in [1.82, 2.24) is 5.32 Å². The summed E-state index contributed by atoms with van der Waals surface area (Å²) in [6.45, 7) is 1.14. The van der Waals surface area contributed by atoms with Gasteiger partial charge >= 0.3 is 5.97 Å². The summed E-state index contributed by atoms with van der Waals surface area (Å²) in [4.78, 5) is 22.5. The second-order valence-electron chi connectivity index (χ2n) is 6.06. The van der Waals surface area contributed by atoms with Gasteiger partial charge in [0, 0.05) is 19.3 Å². The zero-order valence-electron chi connectivity index (χ0n) is 11.8. The van der Waals surface area contributed by atoms with E-state index in [1.165, 1.54) is 0 Å². The summed E-state index contributed by atoms with van der Waals surface area (Å²) in [5.41, 5.74) is -0.649. The van der Waals surface area contributed by atoms with Gasteiger partial charge in [-0.2, -0.15) is 0 Å². The number of carbonyl (C=O) groups is 2. The molecule has 0 aromatic rings. The number of hydrogen-bond donors (Lipinski definition) is 2. The summed E-state index contributed by atoms with van der Waals surface area (Å²) in [5.74, 6) is -2.28. The third kappa shape index (κ3) is 5.28. The first kappa shape index (κ1) is 16.2. The van der Waals surface area contributed by atoms with E-state index in [0.29, 0.717) is 38.9 Å². The van der Waals surface area contributed by atoms with Crippen molar-refractivity contribution in [3.63, 3.8) is 0 Å². The van der Waals surface area contributed by atoms with Gasteiger partial charge in [-0.15, -0.1) is 0 Å². The number of carboxylic acid groups (broad SMARTS) is 1. The molecule has 0 spiro atoms. The molecule has 1 aliphatic heterocycles. The molecule has 1 heterocycles. The van der Waals surface area contributed by atoms with Crippen LogP contribution in [0.15, 0.2) is 0 Å². The summed E-state index contributed by atoms with van der Waals surface area (Å²) in [5, 5.41) is 11.5. The third-order valence-electron chi connectivity index (χ3n) is 3.95. The molecule has 2 N–H and O–H groups in total. The normalized spacial score (nSPS) is 21.7. The van der Waals surface area contributed by atoms with Crippen LogP contribution in [0.4, 0.5) is 0 Å². The van der Waals surface area contributed by atoms with Crippen LogP contribution in [0.2, 0.25) is 0 Å². The Labute approximate surface area is 124 Å². The Kier molecular flexibility index (Phi) is 4.88. The van der Waals surface area contributed by atoms with Crippen LogP contribution in [-0.4, -0.2) is 56.2 Å². The summed E-state index contributed by atoms with van der Waals surface area (Å²) in [7, 11) is -3.58. The Bertz CT molecular complexity index is 505. The van der Waals surface area contributed by atoms with E-state index in [-0.39, 0.29) is 18.2 Å². The molecule has 21 heavy (non-hydrogen) atoms. The summed E-state index contributed by atoms with van der Waals surface area (Å²) < 4.78 is 29.3. The predicted molar refractivity (Wildman–Crippen MR) is 74.6 cm³/mol. The lowest BCUT2D eigenvalue weighted by Gasteiger charge is -2.23. The molecule has 2 rings (SSSR count). The highest BCUT2D eigenvalue weighted by Gasteiger charge is 2.47. The molecule has 1 amide bonds. The number of sulfone groups is 1. The van der Waals surface area contributed by atoms with E-state index in [2.05, 4.69) is 5.32 Å². The van der Waals surface area contributed by atoms with Gasteiger partial charge in [-0.1, -0.05) is 0 Å². The van der Waals surface area contributed by atoms with Crippen LogP contribution in [0, 0.1) is 5.41 Å². The fraction of sp³-hybridized carbons (Fsp3) is 0.846. The molecule has 1 saturated heterocycles. The predicted octanol–water partition coefficient (Wildman–Crippen LogP) is -0.0487. The lowest BCUT2D eigenvalue weighted by Crippen LogP contribution is -2.42. The minimum absolute atomic E-state index is 0.0321. The molecule has 1 aliphatic carbocycles. The first-order valence-corrected chi connectivity index (χ1v) is 8.92. The maximum atomic E-state index is 12.0. The lowest BCUT2D eigenvalue weighted by atomic mass is 10.1. The van der Waals surface area contributed by atoms with Crippen molar-refractivity contribution in [2.24, 2.45) is 5.41 Å². The van der Waals surface area contributed by atoms with E-state index in [1.807, 2.05) is 0 Å². The molecule has 7 nitrogen and oxygen atoms in total. The van der Waals surface area contributed by atoms with Gasteiger partial charge in [-0.05, 0) is 31.1 Å². The molecule has 8 heteroatoms. The van der Waals surface area contributed by atoms with Crippen LogP contribution >= 0.6 is 0 Å². The lowest BCUT2D eigenvalue weighted by molar-refractivity contribution is -0.138. The van der Waals surface area contributed by atoms with Gasteiger partial charge in [0.15, 0.2) is 9.84 Å². The number of carbonyl (C=O) groups excluding carboxylic acids is 1. The van der Waals surface area contributed by atoms with E-state index in [1.54, 1.807) is 0 Å². The van der Waals surface area contributed by atoms with E-state index in [4.69, 9.17) is 9.84 Å². The molecule has 0 atom stereocenters. The van der Waals surface area contributed by atoms with Gasteiger partial charge in [0.2, 0.25) is 5.91 Å². The highest BCUT2D eigenvalue weighted by molar-refractivity contribution is 7.92. The maximum absolute atomic E-state index is 12.0. The van der Waals surface area contributed by atoms with E-state index >= 15 is 0 Å². The Morgan fingerprint density at radius 1 is 1.24 bits per heavy atom. The maximum Gasteiger partial charge on any atom is 0.303 e. The van der Waals surface area contributed by atoms with Crippen molar-refractivity contribution in [3.8, 4) is 0 Å². The van der Waals surface area contributed by atoms with Crippen molar-refractivity contribution in [2.45, 2.75) is 38.1 Å². The standard InChI is InChI=1S/C13H21NO6S/c15-11(14-10-1-5-20-6-2-10)8-21(18,19)9-13(3-4-13)7-12(16)17/h10H,1-9H2,(H,14,15)(H,16,17). The topological polar surface area (TPSA) is 110 Å². The fourth-order valence-corrected chi connectivity index (χ4v) is 4.61. The second-order valence-corrected chi connectivity index (χ2v) is 8.12. The summed E-state index contributed by atoms with van der Waals surface area (Å²) in [6.07, 6.45) is 2.43. The van der Waals surface area contributed by atoms with Gasteiger partial charge in [0.1, 0.15) is 5.75 Å². The van der Waals surface area contributed by atoms with E-state index in [9.17, 15) is 18.0 Å². The monoisotopic (exact) mass is 319 g/mol. The molecule has 0 bridgehead atoms. The van der Waals surface area contributed by atoms with Gasteiger partial charge in [-0.3, -0.25) is 9.59 Å². The molecular weight excluding hydrogens is 298 g/mol. The first-order chi connectivity index (χ1) is 9.80. The molecule has 120 valence electrons. The van der Waals surface area contributed by atoms with Crippen molar-refractivity contribution in [1.29, 1.82) is 0 Å².